The van der Waals surface area contributed by atoms with Crippen molar-refractivity contribution in [3.63, 3.8) is 0 Å². The standard InChI is InChI=1S/C15H25N3O2/c1-3-20-15(19)14-5-8-18(13-14)7-4-6-17-11-9-16(2)10-12-17/h5,8,13H,3-4,6-7,9-12H2,1-2H3. The van der Waals surface area contributed by atoms with Crippen molar-refractivity contribution < 1.29 is 9.53 Å². The van der Waals surface area contributed by atoms with Crippen LogP contribution < -0.4 is 0 Å². The maximum atomic E-state index is 11.6. The molecule has 2 heterocycles. The number of rotatable bonds is 6. The van der Waals surface area contributed by atoms with Crippen molar-refractivity contribution >= 4 is 5.97 Å². The Labute approximate surface area is 121 Å². The van der Waals surface area contributed by atoms with E-state index in [1.807, 2.05) is 25.4 Å². The van der Waals surface area contributed by atoms with Crippen LogP contribution >= 0.6 is 0 Å². The van der Waals surface area contributed by atoms with E-state index in [0.717, 1.165) is 45.7 Å². The molecule has 2 rings (SSSR count). The van der Waals surface area contributed by atoms with E-state index in [-0.39, 0.29) is 5.97 Å². The summed E-state index contributed by atoms with van der Waals surface area (Å²) >= 11 is 0. The maximum Gasteiger partial charge on any atom is 0.339 e. The van der Waals surface area contributed by atoms with E-state index in [0.29, 0.717) is 12.2 Å². The quantitative estimate of drug-likeness (QED) is 0.736. The van der Waals surface area contributed by atoms with Gasteiger partial charge in [-0.2, -0.15) is 0 Å². The summed E-state index contributed by atoms with van der Waals surface area (Å²) in [5.74, 6) is -0.231. The summed E-state index contributed by atoms with van der Waals surface area (Å²) in [6.07, 6.45) is 4.94. The van der Waals surface area contributed by atoms with Gasteiger partial charge in [0.25, 0.3) is 0 Å². The number of carbonyl (C=O) groups is 1. The molecule has 5 nitrogen and oxygen atoms in total. The lowest BCUT2D eigenvalue weighted by atomic mass is 10.3. The van der Waals surface area contributed by atoms with Gasteiger partial charge in [-0.05, 0) is 33.0 Å². The van der Waals surface area contributed by atoms with Crippen molar-refractivity contribution in [3.05, 3.63) is 24.0 Å². The van der Waals surface area contributed by atoms with E-state index in [1.165, 1.54) is 0 Å². The van der Waals surface area contributed by atoms with Crippen LogP contribution in [0.2, 0.25) is 0 Å². The number of hydrogen-bond donors (Lipinski definition) is 0. The van der Waals surface area contributed by atoms with E-state index < -0.39 is 0 Å². The molecule has 0 unspecified atom stereocenters. The first-order chi connectivity index (χ1) is 9.69. The van der Waals surface area contributed by atoms with Gasteiger partial charge in [0.1, 0.15) is 0 Å². The van der Waals surface area contributed by atoms with E-state index in [1.54, 1.807) is 0 Å². The largest absolute Gasteiger partial charge is 0.462 e. The molecule has 1 aromatic rings. The Balaban J connectivity index is 1.70. The average molecular weight is 279 g/mol. The van der Waals surface area contributed by atoms with Crippen LogP contribution in [0.3, 0.4) is 0 Å². The second-order valence-electron chi connectivity index (χ2n) is 5.36. The Morgan fingerprint density at radius 3 is 2.70 bits per heavy atom. The normalized spacial score (nSPS) is 17.3. The predicted molar refractivity (Wildman–Crippen MR) is 78.9 cm³/mol. The van der Waals surface area contributed by atoms with Crippen molar-refractivity contribution in [2.75, 3.05) is 46.4 Å². The van der Waals surface area contributed by atoms with Crippen LogP contribution in [0.15, 0.2) is 18.5 Å². The number of piperazine rings is 1. The molecule has 1 aliphatic heterocycles. The number of aromatic nitrogens is 1. The highest BCUT2D eigenvalue weighted by Crippen LogP contribution is 2.06. The third-order valence-corrected chi connectivity index (χ3v) is 3.75. The topological polar surface area (TPSA) is 37.7 Å². The summed E-state index contributed by atoms with van der Waals surface area (Å²) in [7, 11) is 2.17. The first-order valence-electron chi connectivity index (χ1n) is 7.43. The number of carbonyl (C=O) groups excluding carboxylic acids is 1. The van der Waals surface area contributed by atoms with E-state index >= 15 is 0 Å². The minimum Gasteiger partial charge on any atom is -0.462 e. The number of hydrogen-bond acceptors (Lipinski definition) is 4. The summed E-state index contributed by atoms with van der Waals surface area (Å²) < 4.78 is 7.06. The third-order valence-electron chi connectivity index (χ3n) is 3.75. The van der Waals surface area contributed by atoms with Crippen molar-refractivity contribution in [2.45, 2.75) is 19.9 Å². The molecule has 0 aromatic carbocycles. The zero-order valence-corrected chi connectivity index (χ0v) is 12.5. The molecule has 0 N–H and O–H groups in total. The SMILES string of the molecule is CCOC(=O)c1ccn(CCCN2CCN(C)CC2)c1. The number of likely N-dealkylation sites (N-methyl/N-ethyl adjacent to an activating group) is 1. The van der Waals surface area contributed by atoms with Gasteiger partial charge in [0.2, 0.25) is 0 Å². The van der Waals surface area contributed by atoms with Gasteiger partial charge < -0.3 is 19.1 Å². The molecule has 0 bridgehead atoms. The summed E-state index contributed by atoms with van der Waals surface area (Å²) in [6, 6.07) is 1.83. The van der Waals surface area contributed by atoms with Gasteiger partial charge in [-0.15, -0.1) is 0 Å². The minimum absolute atomic E-state index is 0.231. The molecular weight excluding hydrogens is 254 g/mol. The summed E-state index contributed by atoms with van der Waals surface area (Å²) in [6.45, 7) is 8.98. The summed E-state index contributed by atoms with van der Waals surface area (Å²) in [5.41, 5.74) is 0.645. The fourth-order valence-corrected chi connectivity index (χ4v) is 2.46. The van der Waals surface area contributed by atoms with Gasteiger partial charge in [-0.1, -0.05) is 0 Å². The molecule has 20 heavy (non-hydrogen) atoms. The van der Waals surface area contributed by atoms with Crippen LogP contribution in [0.1, 0.15) is 23.7 Å². The first-order valence-corrected chi connectivity index (χ1v) is 7.43. The fourth-order valence-electron chi connectivity index (χ4n) is 2.46. The highest BCUT2D eigenvalue weighted by molar-refractivity contribution is 5.89. The molecule has 112 valence electrons. The number of aryl methyl sites for hydroxylation is 1. The van der Waals surface area contributed by atoms with Crippen LogP contribution in [-0.4, -0.2) is 66.7 Å². The van der Waals surface area contributed by atoms with Gasteiger partial charge in [-0.3, -0.25) is 0 Å². The second-order valence-corrected chi connectivity index (χ2v) is 5.36. The van der Waals surface area contributed by atoms with Gasteiger partial charge in [0, 0.05) is 45.1 Å². The van der Waals surface area contributed by atoms with Crippen molar-refractivity contribution in [2.24, 2.45) is 0 Å². The zero-order chi connectivity index (χ0) is 14.4. The van der Waals surface area contributed by atoms with Crippen LogP contribution in [0.5, 0.6) is 0 Å². The predicted octanol–water partition coefficient (Wildman–Crippen LogP) is 1.30. The number of esters is 1. The molecule has 1 fully saturated rings. The van der Waals surface area contributed by atoms with Crippen LogP contribution in [0, 0.1) is 0 Å². The molecule has 0 aliphatic carbocycles. The molecule has 1 saturated heterocycles. The Kier molecular flexibility index (Phi) is 5.61. The molecule has 1 aromatic heterocycles. The lowest BCUT2D eigenvalue weighted by Crippen LogP contribution is -2.44. The zero-order valence-electron chi connectivity index (χ0n) is 12.5. The third kappa shape index (κ3) is 4.35. The molecule has 0 spiro atoms. The molecule has 1 aliphatic rings. The average Bonchev–Trinajstić information content (AvgIpc) is 2.90. The number of ether oxygens (including phenoxy) is 1. The molecule has 0 saturated carbocycles. The van der Waals surface area contributed by atoms with E-state index in [4.69, 9.17) is 4.74 Å². The fraction of sp³-hybridized carbons (Fsp3) is 0.667. The molecule has 5 heteroatoms. The maximum absolute atomic E-state index is 11.6. The number of nitrogens with zero attached hydrogens (tertiary/aromatic N) is 3. The van der Waals surface area contributed by atoms with Crippen molar-refractivity contribution in [3.8, 4) is 0 Å². The molecule has 0 amide bonds. The highest BCUT2D eigenvalue weighted by atomic mass is 16.5. The van der Waals surface area contributed by atoms with E-state index in [2.05, 4.69) is 21.4 Å². The van der Waals surface area contributed by atoms with Gasteiger partial charge >= 0.3 is 5.97 Å². The van der Waals surface area contributed by atoms with Crippen LogP contribution in [0.4, 0.5) is 0 Å². The Morgan fingerprint density at radius 2 is 2.00 bits per heavy atom. The summed E-state index contributed by atoms with van der Waals surface area (Å²) in [5, 5.41) is 0. The van der Waals surface area contributed by atoms with E-state index in [9.17, 15) is 4.79 Å². The monoisotopic (exact) mass is 279 g/mol. The van der Waals surface area contributed by atoms with Gasteiger partial charge in [-0.25, -0.2) is 4.79 Å². The molecule has 0 radical (unpaired) electrons. The Morgan fingerprint density at radius 1 is 1.25 bits per heavy atom. The lowest BCUT2D eigenvalue weighted by Gasteiger charge is -2.32. The molecular formula is C15H25N3O2. The van der Waals surface area contributed by atoms with Gasteiger partial charge in [0.15, 0.2) is 0 Å². The van der Waals surface area contributed by atoms with Gasteiger partial charge in [0.05, 0.1) is 12.2 Å². The van der Waals surface area contributed by atoms with Crippen LogP contribution in [0.25, 0.3) is 0 Å². The Bertz CT molecular complexity index is 423. The molecule has 0 atom stereocenters. The Hall–Kier alpha value is -1.33. The second kappa shape index (κ2) is 7.45. The lowest BCUT2D eigenvalue weighted by molar-refractivity contribution is 0.0526. The van der Waals surface area contributed by atoms with Crippen molar-refractivity contribution in [1.29, 1.82) is 0 Å². The minimum atomic E-state index is -0.231. The first kappa shape index (κ1) is 15.1. The van der Waals surface area contributed by atoms with Crippen LogP contribution in [-0.2, 0) is 11.3 Å². The van der Waals surface area contributed by atoms with Crippen molar-refractivity contribution in [1.82, 2.24) is 14.4 Å². The highest BCUT2D eigenvalue weighted by Gasteiger charge is 2.13. The summed E-state index contributed by atoms with van der Waals surface area (Å²) in [4.78, 5) is 16.4. The smallest absolute Gasteiger partial charge is 0.339 e.